The molecule has 20 aliphatic carbocycles. The molecule has 45 atom stereocenters. The number of carbonyl (C=O) groups excluding carboxylic acids is 5. The maximum Gasteiger partial charge on any atom is 0.171 e. The van der Waals surface area contributed by atoms with Crippen LogP contribution in [-0.2, 0) is 56.7 Å². The summed E-state index contributed by atoms with van der Waals surface area (Å²) >= 11 is 0. The molecule has 25 rings (SSSR count). The number of rotatable bonds is 15. The summed E-state index contributed by atoms with van der Waals surface area (Å²) in [5.74, 6) is 11.9. The summed E-state index contributed by atoms with van der Waals surface area (Å²) in [4.78, 5) is 69.1. The first-order valence-electron chi connectivity index (χ1n) is 59.6. The molecule has 0 saturated heterocycles. The Morgan fingerprint density at radius 1 is 0.307 bits per heavy atom. The lowest BCUT2D eigenvalue weighted by Crippen LogP contribution is -2.54. The molecular formula is C119H179F5N16O10. The van der Waals surface area contributed by atoms with Crippen LogP contribution >= 0.6 is 0 Å². The van der Waals surface area contributed by atoms with E-state index in [0.717, 1.165) is 210 Å². The minimum absolute atomic E-state index is 0.00711. The van der Waals surface area contributed by atoms with Crippen molar-refractivity contribution in [2.75, 3.05) is 0 Å². The number of aromatic nitrogens is 16. The van der Waals surface area contributed by atoms with Gasteiger partial charge in [0.25, 0.3) is 0 Å². The zero-order chi connectivity index (χ0) is 106. The summed E-state index contributed by atoms with van der Waals surface area (Å²) in [6.45, 7) is 31.6. The zero-order valence-corrected chi connectivity index (χ0v) is 92.7. The summed E-state index contributed by atoms with van der Waals surface area (Å²) in [6, 6.07) is 0. The molecule has 31 heteroatoms. The molecule has 20 saturated carbocycles. The summed E-state index contributed by atoms with van der Waals surface area (Å²) in [6.07, 6.45) is 38.7. The fourth-order valence-corrected chi connectivity index (χ4v) is 41.2. The van der Waals surface area contributed by atoms with Crippen molar-refractivity contribution in [1.29, 1.82) is 0 Å². The average Bonchev–Trinajstić information content (AvgIpc) is 1.53. The van der Waals surface area contributed by atoms with Gasteiger partial charge in [0, 0.05) is 35.8 Å². The van der Waals surface area contributed by atoms with Gasteiger partial charge in [0.05, 0.1) is 64.5 Å². The second kappa shape index (κ2) is 41.1. The standard InChI is InChI=1S/C25H37FN2O2.2C24H36FN3O2.2C23H35FN4O2/c1-15-12-27-28(13-15)14-23(29)21-5-4-20-18-10-22(26)19-11-24(2,30)8-6-17(19)16(18)7-9-25(20,21)3;1-14-12-26-27-28(14)13-22(29)20-5-4-19-17-10-21(25)18-11-23(2,30)8-6-16(18)15(17)7-9-24(19,20)3;1-14-12-26-28(27-14)13-22(29)20-5-4-19-17-10-21(25)18-11-23(2,30)8-6-16(18)15(17)7-9-24(19,20)3;1-13-25-26-27-28(13)12-21(29)19-5-4-18-16-10-20(24)17-11-22(2,30)8-6-15(17)14(16)7-9-23(18,19)3;1-13-25-27-28(26-13)12-21(29)19-5-4-18-16-10-20(24)17-11-22(2,30)8-6-15(17)14(16)7-9-23(18,19)3/h12-13,16-22,30H,4-11,14H2,1-3H3;2*12,15-21,30H,4-11,13H2,1-3H3;2*14-20,30H,4-12H2,1-3H3/t16-,17-,18-,19+,20+,21-,22-,24-,25+;2*15-,16-,17-,18+,19+,20-,21-,23-,24+;2*14-,15-,16-,17+,18+,19-,20-,22-,23+/m11111/s1. The highest BCUT2D eigenvalue weighted by Gasteiger charge is 2.69. The maximum atomic E-state index is 15.4. The molecule has 0 bridgehead atoms. The third kappa shape index (κ3) is 20.3. The monoisotopic (exact) mass is 2090 g/mol. The number of Topliss-reactive ketones (excluding diaryl/α,β-unsaturated/α-hetero) is 5. The van der Waals surface area contributed by atoms with Crippen LogP contribution in [0.3, 0.4) is 0 Å². The van der Waals surface area contributed by atoms with Crippen LogP contribution in [-0.4, -0.2) is 193 Å². The van der Waals surface area contributed by atoms with Gasteiger partial charge >= 0.3 is 0 Å². The van der Waals surface area contributed by atoms with E-state index in [0.29, 0.717) is 213 Å². The number of fused-ring (bicyclic) bond motifs is 25. The number of halogens is 5. The number of carbonyl (C=O) groups is 5. The van der Waals surface area contributed by atoms with Gasteiger partial charge < -0.3 is 25.5 Å². The molecule has 0 aromatic carbocycles. The van der Waals surface area contributed by atoms with Crippen LogP contribution in [0.15, 0.2) is 24.8 Å². The Labute approximate surface area is 885 Å². The first-order chi connectivity index (χ1) is 70.9. The van der Waals surface area contributed by atoms with E-state index in [1.54, 1.807) is 39.6 Å². The number of ketones is 5. The second-order valence-electron chi connectivity index (χ2n) is 57.0. The number of alkyl halides is 5. The smallest absolute Gasteiger partial charge is 0.171 e. The summed E-state index contributed by atoms with van der Waals surface area (Å²) in [7, 11) is 0. The molecule has 5 N–H and O–H groups in total. The molecule has 26 nitrogen and oxygen atoms in total. The van der Waals surface area contributed by atoms with Gasteiger partial charge in [-0.05, 0) is 522 Å². The van der Waals surface area contributed by atoms with Crippen LogP contribution in [0, 0.1) is 239 Å². The first-order valence-corrected chi connectivity index (χ1v) is 59.6. The number of aryl methyl sites for hydroxylation is 5. The predicted molar refractivity (Wildman–Crippen MR) is 554 cm³/mol. The highest BCUT2D eigenvalue weighted by Crippen LogP contribution is 2.73. The topological polar surface area (TPSA) is 353 Å². The number of hydrogen-bond donors (Lipinski definition) is 5. The Bertz CT molecular complexity index is 5220. The number of tetrazole rings is 2. The van der Waals surface area contributed by atoms with Crippen molar-refractivity contribution in [2.24, 2.45) is 205 Å². The molecule has 5 aromatic rings. The minimum atomic E-state index is -0.817. The van der Waals surface area contributed by atoms with Gasteiger partial charge in [-0.1, -0.05) is 39.8 Å². The van der Waals surface area contributed by atoms with Gasteiger partial charge in [-0.25, -0.2) is 31.3 Å². The van der Waals surface area contributed by atoms with Crippen LogP contribution in [0.25, 0.3) is 0 Å². The Hall–Kier alpha value is -6.57. The molecule has 150 heavy (non-hydrogen) atoms. The van der Waals surface area contributed by atoms with Crippen molar-refractivity contribution < 1.29 is 71.5 Å². The van der Waals surface area contributed by atoms with Crippen molar-refractivity contribution in [2.45, 2.75) is 452 Å². The normalized spacial score (nSPS) is 48.0. The van der Waals surface area contributed by atoms with E-state index in [9.17, 15) is 49.5 Å². The van der Waals surface area contributed by atoms with Crippen LogP contribution in [0.5, 0.6) is 0 Å². The zero-order valence-electron chi connectivity index (χ0n) is 92.7. The van der Waals surface area contributed by atoms with Gasteiger partial charge in [0.2, 0.25) is 0 Å². The quantitative estimate of drug-likeness (QED) is 0.0608. The fraction of sp³-hybridized carbons (Fsp3) is 0.882. The third-order valence-corrected chi connectivity index (χ3v) is 48.2. The largest absolute Gasteiger partial charge is 0.390 e. The highest BCUT2D eigenvalue weighted by atomic mass is 19.2. The molecule has 0 unspecified atom stereocenters. The van der Waals surface area contributed by atoms with E-state index in [-0.39, 0.29) is 129 Å². The van der Waals surface area contributed by atoms with Crippen LogP contribution in [0.1, 0.15) is 355 Å². The molecule has 830 valence electrons. The van der Waals surface area contributed by atoms with E-state index in [1.807, 2.05) is 68.5 Å². The molecule has 0 amide bonds. The Morgan fingerprint density at radius 2 is 0.600 bits per heavy atom. The van der Waals surface area contributed by atoms with Gasteiger partial charge in [-0.3, -0.25) is 28.7 Å². The fourth-order valence-electron chi connectivity index (χ4n) is 41.2. The van der Waals surface area contributed by atoms with E-state index in [1.165, 1.54) is 9.59 Å². The van der Waals surface area contributed by atoms with E-state index in [4.69, 9.17) is 0 Å². The van der Waals surface area contributed by atoms with Crippen LogP contribution in [0.2, 0.25) is 0 Å². The Balaban J connectivity index is 0.000000109. The van der Waals surface area contributed by atoms with Gasteiger partial charge in [-0.2, -0.15) is 24.9 Å². The highest BCUT2D eigenvalue weighted by molar-refractivity contribution is 5.84. The molecule has 5 heterocycles. The number of hydrogen-bond acceptors (Lipinski definition) is 21. The van der Waals surface area contributed by atoms with Crippen LogP contribution < -0.4 is 0 Å². The van der Waals surface area contributed by atoms with Crippen molar-refractivity contribution >= 4 is 28.9 Å². The average molecular weight is 2090 g/mol. The number of nitrogens with zero attached hydrogens (tertiary/aromatic N) is 16. The van der Waals surface area contributed by atoms with Crippen molar-refractivity contribution in [3.63, 3.8) is 0 Å². The summed E-state index contributed by atoms with van der Waals surface area (Å²) in [5, 5.41) is 96.9. The molecule has 0 aliphatic heterocycles. The maximum absolute atomic E-state index is 15.4. The van der Waals surface area contributed by atoms with Crippen LogP contribution in [0.4, 0.5) is 22.0 Å². The van der Waals surface area contributed by atoms with Crippen molar-refractivity contribution in [1.82, 2.24) is 80.2 Å². The van der Waals surface area contributed by atoms with Gasteiger partial charge in [0.15, 0.2) is 34.7 Å². The first kappa shape index (κ1) is 109. The molecule has 20 fully saturated rings. The Kier molecular flexibility index (Phi) is 29.8. The predicted octanol–water partition coefficient (Wildman–Crippen LogP) is 20.0. The summed E-state index contributed by atoms with van der Waals surface area (Å²) < 4.78 is 81.9. The molecular weight excluding hydrogens is 1910 g/mol. The van der Waals surface area contributed by atoms with Crippen molar-refractivity contribution in [3.05, 3.63) is 53.4 Å². The van der Waals surface area contributed by atoms with Gasteiger partial charge in [-0.15, -0.1) is 20.4 Å². The SMILES string of the molecule is Cc1cnn(CC(=O)[C@H]2CC[C@H]3[C@@H]4C[C@@H](F)[C@H]5C[C@](C)(O)CC[C@@H]5[C@H]4CC[C@]23C)c1.Cc1cnn(CC(=O)[C@H]2CC[C@H]3[C@@H]4C[C@@H](F)[C@H]5C[C@](C)(O)CC[C@@H]5[C@H]4CC[C@]23C)n1.Cc1cnnn1CC(=O)[C@H]1CC[C@H]2[C@@H]3C[C@@H](F)[C@H]4C[C@](C)(O)CC[C@@H]4[C@H]3CC[C@]12C.Cc1nnn(CC(=O)[C@H]2CC[C@H]3[C@@H]4C[C@@H](F)[C@H]5C[C@](C)(O)CC[C@@H]5[C@H]4CC[C@]23C)n1.Cc1nnnn1CC(=O)[C@H]1CC[C@H]2[C@@H]3C[C@@H](F)[C@H]4C[C@](C)(O)CC[C@@H]4[C@H]3CC[C@]12C. The second-order valence-corrected chi connectivity index (χ2v) is 57.0. The molecule has 0 radical (unpaired) electrons. The van der Waals surface area contributed by atoms with Gasteiger partial charge in [0.1, 0.15) is 62.9 Å². The van der Waals surface area contributed by atoms with E-state index in [2.05, 4.69) is 91.2 Å². The minimum Gasteiger partial charge on any atom is -0.390 e. The lowest BCUT2D eigenvalue weighted by molar-refractivity contribution is -0.139. The lowest BCUT2D eigenvalue weighted by atomic mass is 9.48. The molecule has 0 spiro atoms. The summed E-state index contributed by atoms with van der Waals surface area (Å²) in [5.41, 5.74) is -0.798. The molecule has 5 aromatic heterocycles. The van der Waals surface area contributed by atoms with E-state index < -0.39 is 58.9 Å². The van der Waals surface area contributed by atoms with Crippen molar-refractivity contribution in [3.8, 4) is 0 Å². The Morgan fingerprint density at radius 3 is 0.867 bits per heavy atom. The third-order valence-electron chi connectivity index (χ3n) is 48.2. The van der Waals surface area contributed by atoms with E-state index >= 15 is 22.0 Å². The molecule has 20 aliphatic rings. The number of aliphatic hydroxyl groups is 5. The lowest BCUT2D eigenvalue weighted by Gasteiger charge is -2.57.